The summed E-state index contributed by atoms with van der Waals surface area (Å²) in [4.78, 5) is 0. The van der Waals surface area contributed by atoms with Crippen LogP contribution < -0.4 is 11.2 Å². The first kappa shape index (κ1) is 10.8. The highest BCUT2D eigenvalue weighted by Gasteiger charge is 1.97. The van der Waals surface area contributed by atoms with E-state index in [1.807, 2.05) is 0 Å². The zero-order chi connectivity index (χ0) is 10.6. The topological polar surface area (TPSA) is 74.3 Å². The van der Waals surface area contributed by atoms with E-state index in [0.29, 0.717) is 15.6 Å². The van der Waals surface area contributed by atoms with Crippen LogP contribution >= 0.6 is 23.2 Å². The van der Waals surface area contributed by atoms with E-state index >= 15 is 0 Å². The smallest absolute Gasteiger partial charge is 0.206 e. The molecular formula is C8H8Cl2N4. The zero-order valence-electron chi connectivity index (χ0n) is 7.09. The van der Waals surface area contributed by atoms with Crippen LogP contribution in [-0.4, -0.2) is 12.2 Å². The summed E-state index contributed by atoms with van der Waals surface area (Å²) in [5.41, 5.74) is 8.00. The lowest BCUT2D eigenvalue weighted by Crippen LogP contribution is -2.25. The number of hydrogen-bond donors (Lipinski definition) is 3. The first-order chi connectivity index (χ1) is 6.59. The Bertz CT molecular complexity index is 376. The molecule has 0 unspecified atom stereocenters. The molecule has 14 heavy (non-hydrogen) atoms. The third-order valence-corrected chi connectivity index (χ3v) is 1.91. The second-order valence-electron chi connectivity index (χ2n) is 2.45. The van der Waals surface area contributed by atoms with Crippen molar-refractivity contribution in [3.8, 4) is 0 Å². The Balaban J connectivity index is 2.76. The van der Waals surface area contributed by atoms with Crippen molar-refractivity contribution in [3.63, 3.8) is 0 Å². The Labute approximate surface area is 91.2 Å². The third kappa shape index (κ3) is 3.24. The molecule has 0 atom stereocenters. The van der Waals surface area contributed by atoms with Gasteiger partial charge in [0.05, 0.1) is 11.2 Å². The van der Waals surface area contributed by atoms with E-state index in [4.69, 9.17) is 34.3 Å². The number of rotatable bonds is 2. The number of benzene rings is 1. The number of halogens is 2. The van der Waals surface area contributed by atoms with E-state index in [1.165, 1.54) is 6.21 Å². The predicted molar refractivity (Wildman–Crippen MR) is 59.1 cm³/mol. The van der Waals surface area contributed by atoms with Crippen LogP contribution in [0, 0.1) is 5.41 Å². The van der Waals surface area contributed by atoms with E-state index in [0.717, 1.165) is 0 Å². The lowest BCUT2D eigenvalue weighted by Gasteiger charge is -1.98. The average Bonchev–Trinajstić information content (AvgIpc) is 2.08. The lowest BCUT2D eigenvalue weighted by atomic mass is 10.2. The lowest BCUT2D eigenvalue weighted by molar-refractivity contribution is 1.00. The Kier molecular flexibility index (Phi) is 3.73. The van der Waals surface area contributed by atoms with Crippen molar-refractivity contribution < 1.29 is 0 Å². The van der Waals surface area contributed by atoms with Gasteiger partial charge in [0.2, 0.25) is 5.96 Å². The third-order valence-electron chi connectivity index (χ3n) is 1.35. The van der Waals surface area contributed by atoms with Crippen molar-refractivity contribution >= 4 is 35.4 Å². The molecule has 6 heteroatoms. The predicted octanol–water partition coefficient (Wildman–Crippen LogP) is 1.81. The fourth-order valence-corrected chi connectivity index (χ4v) is 1.23. The van der Waals surface area contributed by atoms with Gasteiger partial charge in [0.15, 0.2) is 0 Å². The van der Waals surface area contributed by atoms with Crippen LogP contribution in [0.15, 0.2) is 23.3 Å². The van der Waals surface area contributed by atoms with Crippen molar-refractivity contribution in [3.05, 3.63) is 33.8 Å². The van der Waals surface area contributed by atoms with E-state index < -0.39 is 0 Å². The van der Waals surface area contributed by atoms with E-state index in [9.17, 15) is 0 Å². The number of guanidine groups is 1. The van der Waals surface area contributed by atoms with Gasteiger partial charge in [-0.3, -0.25) is 5.41 Å². The molecule has 0 amide bonds. The fourth-order valence-electron chi connectivity index (χ4n) is 0.778. The van der Waals surface area contributed by atoms with Gasteiger partial charge in [0, 0.05) is 10.6 Å². The minimum atomic E-state index is -0.230. The Hall–Kier alpha value is -1.26. The molecule has 0 aliphatic rings. The van der Waals surface area contributed by atoms with Gasteiger partial charge in [0.1, 0.15) is 0 Å². The van der Waals surface area contributed by atoms with Crippen LogP contribution in [0.3, 0.4) is 0 Å². The van der Waals surface area contributed by atoms with Crippen LogP contribution in [-0.2, 0) is 0 Å². The highest BCUT2D eigenvalue weighted by Crippen LogP contribution is 2.19. The van der Waals surface area contributed by atoms with Crippen molar-refractivity contribution in [1.29, 1.82) is 5.41 Å². The van der Waals surface area contributed by atoms with Crippen LogP contribution in [0.25, 0.3) is 0 Å². The maximum atomic E-state index is 6.85. The molecule has 0 heterocycles. The van der Waals surface area contributed by atoms with Crippen molar-refractivity contribution in [2.24, 2.45) is 10.8 Å². The summed E-state index contributed by atoms with van der Waals surface area (Å²) in [6, 6.07) is 5.02. The maximum Gasteiger partial charge on any atom is 0.206 e. The van der Waals surface area contributed by atoms with E-state index in [-0.39, 0.29) is 5.96 Å². The average molecular weight is 231 g/mol. The van der Waals surface area contributed by atoms with Gasteiger partial charge in [-0.05, 0) is 12.1 Å². The molecule has 1 aromatic rings. The number of hydrazone groups is 1. The summed E-state index contributed by atoms with van der Waals surface area (Å²) in [5, 5.41) is 11.6. The van der Waals surface area contributed by atoms with Gasteiger partial charge < -0.3 is 5.73 Å². The second kappa shape index (κ2) is 4.83. The van der Waals surface area contributed by atoms with Gasteiger partial charge in [-0.25, -0.2) is 5.43 Å². The maximum absolute atomic E-state index is 6.85. The largest absolute Gasteiger partial charge is 0.369 e. The minimum absolute atomic E-state index is 0.230. The molecule has 0 spiro atoms. The van der Waals surface area contributed by atoms with Gasteiger partial charge in [0.25, 0.3) is 0 Å². The molecule has 1 aromatic carbocycles. The summed E-state index contributed by atoms with van der Waals surface area (Å²) >= 11 is 11.6. The summed E-state index contributed by atoms with van der Waals surface area (Å²) in [5.74, 6) is -0.230. The van der Waals surface area contributed by atoms with Crippen LogP contribution in [0.4, 0.5) is 0 Å². The standard InChI is InChI=1S/C8H8Cl2N4/c9-6-2-1-5(7(10)3-6)4-13-14-8(11)12/h1-4H,(H4,11,12,14). The Morgan fingerprint density at radius 1 is 1.50 bits per heavy atom. The van der Waals surface area contributed by atoms with Gasteiger partial charge in [-0.15, -0.1) is 0 Å². The quantitative estimate of drug-likeness (QED) is 0.412. The minimum Gasteiger partial charge on any atom is -0.369 e. The molecule has 4 N–H and O–H groups in total. The fraction of sp³-hybridized carbons (Fsp3) is 0. The summed E-state index contributed by atoms with van der Waals surface area (Å²) in [6.45, 7) is 0. The van der Waals surface area contributed by atoms with Crippen molar-refractivity contribution in [2.75, 3.05) is 0 Å². The molecule has 1 rings (SSSR count). The molecule has 0 aliphatic heterocycles. The molecular weight excluding hydrogens is 223 g/mol. The molecule has 0 radical (unpaired) electrons. The number of nitrogens with two attached hydrogens (primary N) is 1. The van der Waals surface area contributed by atoms with E-state index in [2.05, 4.69) is 10.5 Å². The first-order valence-corrected chi connectivity index (χ1v) is 4.43. The molecule has 4 nitrogen and oxygen atoms in total. The highest BCUT2D eigenvalue weighted by atomic mass is 35.5. The van der Waals surface area contributed by atoms with E-state index in [1.54, 1.807) is 18.2 Å². The van der Waals surface area contributed by atoms with Gasteiger partial charge in [-0.1, -0.05) is 29.3 Å². The van der Waals surface area contributed by atoms with Gasteiger partial charge in [-0.2, -0.15) is 5.10 Å². The Morgan fingerprint density at radius 2 is 2.21 bits per heavy atom. The molecule has 74 valence electrons. The van der Waals surface area contributed by atoms with Crippen molar-refractivity contribution in [2.45, 2.75) is 0 Å². The second-order valence-corrected chi connectivity index (χ2v) is 3.29. The summed E-state index contributed by atoms with van der Waals surface area (Å²) in [6.07, 6.45) is 1.46. The normalized spacial score (nSPS) is 10.4. The molecule has 0 saturated carbocycles. The number of nitrogens with zero attached hydrogens (tertiary/aromatic N) is 1. The zero-order valence-corrected chi connectivity index (χ0v) is 8.60. The molecule has 0 fully saturated rings. The number of nitrogens with one attached hydrogen (secondary N) is 2. The van der Waals surface area contributed by atoms with Crippen LogP contribution in [0.1, 0.15) is 5.56 Å². The van der Waals surface area contributed by atoms with Gasteiger partial charge >= 0.3 is 0 Å². The van der Waals surface area contributed by atoms with Crippen LogP contribution in [0.5, 0.6) is 0 Å². The van der Waals surface area contributed by atoms with Crippen molar-refractivity contribution in [1.82, 2.24) is 5.43 Å². The Morgan fingerprint density at radius 3 is 2.79 bits per heavy atom. The van der Waals surface area contributed by atoms with Crippen LogP contribution in [0.2, 0.25) is 10.0 Å². The molecule has 0 bridgehead atoms. The molecule has 0 aliphatic carbocycles. The first-order valence-electron chi connectivity index (χ1n) is 3.68. The molecule has 0 saturated heterocycles. The number of hydrogen-bond acceptors (Lipinski definition) is 2. The monoisotopic (exact) mass is 230 g/mol. The SMILES string of the molecule is N=C(N)NN=Cc1ccc(Cl)cc1Cl. The highest BCUT2D eigenvalue weighted by molar-refractivity contribution is 6.36. The summed E-state index contributed by atoms with van der Waals surface area (Å²) in [7, 11) is 0. The summed E-state index contributed by atoms with van der Waals surface area (Å²) < 4.78 is 0. The molecule has 0 aromatic heterocycles.